The normalized spacial score (nSPS) is 19.7. The molecule has 0 bridgehead atoms. The van der Waals surface area contributed by atoms with Gasteiger partial charge in [-0.25, -0.2) is 4.39 Å². The molecule has 10 heteroatoms. The second kappa shape index (κ2) is 8.70. The van der Waals surface area contributed by atoms with Crippen LogP contribution in [0.2, 0.25) is 5.02 Å². The lowest BCUT2D eigenvalue weighted by atomic mass is 10.0. The van der Waals surface area contributed by atoms with Crippen LogP contribution in [-0.2, 0) is 16.8 Å². The molecule has 1 atom stereocenters. The van der Waals surface area contributed by atoms with Crippen molar-refractivity contribution in [3.63, 3.8) is 0 Å². The molecule has 2 aliphatic heterocycles. The number of aromatic nitrogens is 1. The van der Waals surface area contributed by atoms with Crippen LogP contribution in [0.3, 0.4) is 0 Å². The maximum atomic E-state index is 14.2. The number of halogens is 2. The van der Waals surface area contributed by atoms with Gasteiger partial charge >= 0.3 is 0 Å². The van der Waals surface area contributed by atoms with Gasteiger partial charge in [0.05, 0.1) is 23.8 Å². The van der Waals surface area contributed by atoms with E-state index in [0.717, 1.165) is 19.3 Å². The van der Waals surface area contributed by atoms with E-state index in [1.807, 2.05) is 6.92 Å². The largest absolute Gasteiger partial charge is 0.487 e. The van der Waals surface area contributed by atoms with E-state index in [9.17, 15) is 18.8 Å². The van der Waals surface area contributed by atoms with Gasteiger partial charge in [0, 0.05) is 24.8 Å². The number of nitrogens with one attached hydrogen (secondary N) is 1. The molecular weight excluding hydrogens is 465 g/mol. The minimum absolute atomic E-state index is 0.0532. The molecule has 2 aromatic rings. The van der Waals surface area contributed by atoms with Gasteiger partial charge in [0.2, 0.25) is 5.43 Å². The van der Waals surface area contributed by atoms with E-state index in [1.165, 1.54) is 18.3 Å². The molecule has 8 nitrogen and oxygen atoms in total. The summed E-state index contributed by atoms with van der Waals surface area (Å²) in [7, 11) is 0. The van der Waals surface area contributed by atoms with Gasteiger partial charge in [-0.05, 0) is 25.3 Å². The van der Waals surface area contributed by atoms with Gasteiger partial charge in [0.25, 0.3) is 11.8 Å². The molecule has 3 aliphatic rings. The number of hydrogen-bond donors (Lipinski definition) is 1. The van der Waals surface area contributed by atoms with Gasteiger partial charge in [-0.1, -0.05) is 37.1 Å². The van der Waals surface area contributed by atoms with E-state index in [1.54, 1.807) is 15.5 Å². The molecule has 1 aromatic heterocycles. The molecule has 2 fully saturated rings. The van der Waals surface area contributed by atoms with E-state index in [4.69, 9.17) is 21.1 Å². The van der Waals surface area contributed by atoms with Gasteiger partial charge in [-0.15, -0.1) is 0 Å². The van der Waals surface area contributed by atoms with Crippen LogP contribution in [0.1, 0.15) is 59.0 Å². The van der Waals surface area contributed by atoms with Gasteiger partial charge < -0.3 is 24.3 Å². The van der Waals surface area contributed by atoms with Gasteiger partial charge in [-0.3, -0.25) is 14.4 Å². The maximum absolute atomic E-state index is 14.2. The first kappa shape index (κ1) is 22.9. The van der Waals surface area contributed by atoms with Crippen molar-refractivity contribution in [2.24, 2.45) is 0 Å². The van der Waals surface area contributed by atoms with Crippen molar-refractivity contribution in [1.29, 1.82) is 0 Å². The molecule has 180 valence electrons. The number of rotatable bonds is 7. The van der Waals surface area contributed by atoms with E-state index in [0.29, 0.717) is 19.6 Å². The topological polar surface area (TPSA) is 89.9 Å². The second-order valence-electron chi connectivity index (χ2n) is 8.84. The Labute approximate surface area is 200 Å². The van der Waals surface area contributed by atoms with Crippen molar-refractivity contribution >= 4 is 23.4 Å². The molecule has 1 unspecified atom stereocenters. The van der Waals surface area contributed by atoms with Crippen molar-refractivity contribution in [2.45, 2.75) is 50.9 Å². The smallest absolute Gasteiger partial charge is 0.276 e. The monoisotopic (exact) mass is 489 g/mol. The Hall–Kier alpha value is -2.91. The van der Waals surface area contributed by atoms with Crippen LogP contribution in [0.5, 0.6) is 5.75 Å². The summed E-state index contributed by atoms with van der Waals surface area (Å²) >= 11 is 5.82. The zero-order valence-corrected chi connectivity index (χ0v) is 19.5. The maximum Gasteiger partial charge on any atom is 0.276 e. The summed E-state index contributed by atoms with van der Waals surface area (Å²) in [4.78, 5) is 41.4. The van der Waals surface area contributed by atoms with Crippen molar-refractivity contribution in [1.82, 2.24) is 14.8 Å². The van der Waals surface area contributed by atoms with Gasteiger partial charge in [0.1, 0.15) is 11.4 Å². The highest BCUT2D eigenvalue weighted by Gasteiger charge is 2.61. The van der Waals surface area contributed by atoms with Gasteiger partial charge in [-0.2, -0.15) is 0 Å². The predicted molar refractivity (Wildman–Crippen MR) is 122 cm³/mol. The number of nitrogens with zero attached hydrogens (tertiary/aromatic N) is 2. The molecule has 1 aliphatic carbocycles. The minimum atomic E-state index is -0.682. The fraction of sp³-hybridized carbons (Fsp3) is 0.458. The van der Waals surface area contributed by atoms with Gasteiger partial charge in [0.15, 0.2) is 17.7 Å². The van der Waals surface area contributed by atoms with E-state index in [-0.39, 0.29) is 46.7 Å². The van der Waals surface area contributed by atoms with Crippen molar-refractivity contribution in [2.75, 3.05) is 19.8 Å². The zero-order valence-electron chi connectivity index (χ0n) is 18.7. The number of hydrogen-bond acceptors (Lipinski definition) is 5. The van der Waals surface area contributed by atoms with Crippen molar-refractivity contribution in [3.8, 4) is 5.75 Å². The standard InChI is InChI=1S/C24H25ClFN3O5/c1-2-3-10-33-20-18-22(32)28-9-11-34-23(28)24(7-8-24)29(18)13-15(19(20)30)21(31)27-12-14-5-4-6-16(25)17(14)26/h4-6,13,23H,2-3,7-12H2,1H3,(H,27,31). The van der Waals surface area contributed by atoms with Crippen LogP contribution in [0, 0.1) is 5.82 Å². The fourth-order valence-corrected chi connectivity index (χ4v) is 4.90. The van der Waals surface area contributed by atoms with Crippen LogP contribution < -0.4 is 15.5 Å². The lowest BCUT2D eigenvalue weighted by Gasteiger charge is -2.39. The van der Waals surface area contributed by atoms with Crippen LogP contribution in [-0.4, -0.2) is 47.3 Å². The van der Waals surface area contributed by atoms with Crippen LogP contribution >= 0.6 is 11.6 Å². The van der Waals surface area contributed by atoms with E-state index < -0.39 is 28.9 Å². The number of amides is 2. The molecule has 1 saturated carbocycles. The zero-order chi connectivity index (χ0) is 24.0. The fourth-order valence-electron chi connectivity index (χ4n) is 4.71. The van der Waals surface area contributed by atoms with E-state index in [2.05, 4.69) is 5.32 Å². The Balaban J connectivity index is 1.54. The molecule has 1 aromatic carbocycles. The molecule has 34 heavy (non-hydrogen) atoms. The Morgan fingerprint density at radius 2 is 2.15 bits per heavy atom. The highest BCUT2D eigenvalue weighted by molar-refractivity contribution is 6.30. The highest BCUT2D eigenvalue weighted by Crippen LogP contribution is 2.53. The molecule has 3 heterocycles. The first-order chi connectivity index (χ1) is 16.4. The number of ether oxygens (including phenoxy) is 2. The quantitative estimate of drug-likeness (QED) is 0.604. The molecule has 1 N–H and O–H groups in total. The van der Waals surface area contributed by atoms with Crippen LogP contribution in [0.25, 0.3) is 0 Å². The number of carbonyl (C=O) groups is 2. The summed E-state index contributed by atoms with van der Waals surface area (Å²) in [5.41, 5.74) is -0.984. The molecular formula is C24H25ClFN3O5. The molecule has 0 radical (unpaired) electrons. The molecule has 1 spiro atoms. The average molecular weight is 490 g/mol. The second-order valence-corrected chi connectivity index (χ2v) is 9.25. The molecule has 2 amide bonds. The lowest BCUT2D eigenvalue weighted by Crippen LogP contribution is -2.53. The average Bonchev–Trinajstić information content (AvgIpc) is 3.45. The third-order valence-corrected chi connectivity index (χ3v) is 6.97. The number of pyridine rings is 1. The van der Waals surface area contributed by atoms with Crippen LogP contribution in [0.15, 0.2) is 29.2 Å². The predicted octanol–water partition coefficient (Wildman–Crippen LogP) is 3.05. The third-order valence-electron chi connectivity index (χ3n) is 6.68. The molecule has 1 saturated heterocycles. The summed E-state index contributed by atoms with van der Waals surface area (Å²) in [5.74, 6) is -1.76. The van der Waals surface area contributed by atoms with Crippen LogP contribution in [0.4, 0.5) is 4.39 Å². The Morgan fingerprint density at radius 3 is 2.88 bits per heavy atom. The first-order valence-corrected chi connectivity index (χ1v) is 11.8. The summed E-state index contributed by atoms with van der Waals surface area (Å²) in [6.45, 7) is 2.95. The highest BCUT2D eigenvalue weighted by atomic mass is 35.5. The Bertz CT molecular complexity index is 1230. The third kappa shape index (κ3) is 3.58. The Morgan fingerprint density at radius 1 is 1.35 bits per heavy atom. The SMILES string of the molecule is CCCCOc1c2n(cc(C(=O)NCc3cccc(Cl)c3F)c1=O)C1(CC1)C1OCCN1C2=O. The number of benzene rings is 1. The van der Waals surface area contributed by atoms with Crippen molar-refractivity contribution in [3.05, 3.63) is 62.3 Å². The summed E-state index contributed by atoms with van der Waals surface area (Å²) in [6, 6.07) is 4.50. The van der Waals surface area contributed by atoms with E-state index >= 15 is 0 Å². The number of fused-ring (bicyclic) bond motifs is 4. The Kier molecular flexibility index (Phi) is 5.85. The minimum Gasteiger partial charge on any atom is -0.487 e. The summed E-state index contributed by atoms with van der Waals surface area (Å²) in [6.07, 6.45) is 4.03. The molecule has 5 rings (SSSR count). The number of unbranched alkanes of at least 4 members (excludes halogenated alkanes) is 1. The summed E-state index contributed by atoms with van der Waals surface area (Å²) in [5, 5.41) is 2.54. The summed E-state index contributed by atoms with van der Waals surface area (Å²) < 4.78 is 27.7. The lowest BCUT2D eigenvalue weighted by molar-refractivity contribution is -0.0254. The van der Waals surface area contributed by atoms with Crippen molar-refractivity contribution < 1.29 is 23.5 Å². The first-order valence-electron chi connectivity index (χ1n) is 11.5. The number of carbonyl (C=O) groups excluding carboxylic acids is 2.